The molecule has 0 aromatic heterocycles. The van der Waals surface area contributed by atoms with Crippen molar-refractivity contribution in [3.05, 3.63) is 29.8 Å². The van der Waals surface area contributed by atoms with Crippen LogP contribution in [0.25, 0.3) is 0 Å². The summed E-state index contributed by atoms with van der Waals surface area (Å²) in [6, 6.07) is 8.54. The van der Waals surface area contributed by atoms with Gasteiger partial charge < -0.3 is 9.80 Å². The van der Waals surface area contributed by atoms with Crippen LogP contribution in [0.1, 0.15) is 37.7 Å². The van der Waals surface area contributed by atoms with Gasteiger partial charge in [-0.3, -0.25) is 14.5 Å². The molecule has 0 saturated carbocycles. The van der Waals surface area contributed by atoms with Crippen molar-refractivity contribution in [2.45, 2.75) is 44.6 Å². The van der Waals surface area contributed by atoms with Gasteiger partial charge in [-0.2, -0.15) is 0 Å². The summed E-state index contributed by atoms with van der Waals surface area (Å²) in [5.41, 5.74) is 2.11. The topological polar surface area (TPSA) is 43.9 Å². The van der Waals surface area contributed by atoms with E-state index in [1.54, 1.807) is 4.90 Å². The molecule has 134 valence electrons. The van der Waals surface area contributed by atoms with Crippen LogP contribution in [0.15, 0.2) is 24.3 Å². The molecule has 1 aromatic rings. The number of benzene rings is 1. The summed E-state index contributed by atoms with van der Waals surface area (Å²) in [5, 5.41) is 0. The van der Waals surface area contributed by atoms with E-state index in [9.17, 15) is 9.59 Å². The Balaban J connectivity index is 1.50. The Kier molecular flexibility index (Phi) is 4.75. The van der Waals surface area contributed by atoms with E-state index in [0.717, 1.165) is 44.6 Å². The number of anilines is 1. The molecule has 25 heavy (non-hydrogen) atoms. The highest BCUT2D eigenvalue weighted by Gasteiger charge is 2.32. The standard InChI is InChI=1S/C20H27N3O2/c24-19-10-3-7-16-6-1-2-9-18(16)23(19)15-20(25)22-13-5-12-21-11-4-8-17(21)14-22/h1-2,6,9,17H,3-5,7-8,10-15H2/t17-/m1/s1. The Bertz CT molecular complexity index is 660. The van der Waals surface area contributed by atoms with Gasteiger partial charge in [0, 0.05) is 37.8 Å². The summed E-state index contributed by atoms with van der Waals surface area (Å²) >= 11 is 0. The van der Waals surface area contributed by atoms with Gasteiger partial charge in [0.2, 0.25) is 11.8 Å². The fraction of sp³-hybridized carbons (Fsp3) is 0.600. The van der Waals surface area contributed by atoms with E-state index in [0.29, 0.717) is 12.5 Å². The third-order valence-electron chi connectivity index (χ3n) is 5.87. The Morgan fingerprint density at radius 3 is 2.80 bits per heavy atom. The molecular weight excluding hydrogens is 314 g/mol. The van der Waals surface area contributed by atoms with Gasteiger partial charge in [-0.15, -0.1) is 0 Å². The van der Waals surface area contributed by atoms with E-state index in [1.165, 1.54) is 24.9 Å². The highest BCUT2D eigenvalue weighted by atomic mass is 16.2. The zero-order valence-corrected chi connectivity index (χ0v) is 14.8. The van der Waals surface area contributed by atoms with Crippen molar-refractivity contribution in [3.63, 3.8) is 0 Å². The fourth-order valence-electron chi connectivity index (χ4n) is 4.53. The number of amides is 2. The SMILES string of the molecule is O=C(CN1C(=O)CCCc2ccccc21)N1CCCN2CCC[C@@H]2C1. The minimum Gasteiger partial charge on any atom is -0.340 e. The third-order valence-corrected chi connectivity index (χ3v) is 5.87. The van der Waals surface area contributed by atoms with Crippen LogP contribution in [0.3, 0.4) is 0 Å². The normalized spacial score (nSPS) is 24.5. The highest BCUT2D eigenvalue weighted by Crippen LogP contribution is 2.27. The molecule has 0 aliphatic carbocycles. The first-order chi connectivity index (χ1) is 12.2. The van der Waals surface area contributed by atoms with Crippen LogP contribution in [0.2, 0.25) is 0 Å². The van der Waals surface area contributed by atoms with Gasteiger partial charge >= 0.3 is 0 Å². The summed E-state index contributed by atoms with van der Waals surface area (Å²) in [5.74, 6) is 0.175. The molecule has 1 aromatic carbocycles. The van der Waals surface area contributed by atoms with Crippen molar-refractivity contribution in [1.29, 1.82) is 0 Å². The van der Waals surface area contributed by atoms with Crippen molar-refractivity contribution < 1.29 is 9.59 Å². The van der Waals surface area contributed by atoms with E-state index in [1.807, 2.05) is 23.1 Å². The summed E-state index contributed by atoms with van der Waals surface area (Å²) in [6.45, 7) is 4.09. The van der Waals surface area contributed by atoms with Crippen molar-refractivity contribution in [1.82, 2.24) is 9.80 Å². The molecule has 3 aliphatic heterocycles. The summed E-state index contributed by atoms with van der Waals surface area (Å²) < 4.78 is 0. The van der Waals surface area contributed by atoms with Crippen molar-refractivity contribution in [2.24, 2.45) is 0 Å². The number of rotatable bonds is 2. The van der Waals surface area contributed by atoms with E-state index < -0.39 is 0 Å². The van der Waals surface area contributed by atoms with Crippen LogP contribution in [-0.2, 0) is 16.0 Å². The number of carbonyl (C=O) groups is 2. The Labute approximate surface area is 149 Å². The van der Waals surface area contributed by atoms with Crippen molar-refractivity contribution in [3.8, 4) is 0 Å². The first kappa shape index (κ1) is 16.6. The molecule has 3 aliphatic rings. The lowest BCUT2D eigenvalue weighted by molar-refractivity contribution is -0.131. The second kappa shape index (κ2) is 7.16. The zero-order valence-electron chi connectivity index (χ0n) is 14.8. The smallest absolute Gasteiger partial charge is 0.242 e. The summed E-state index contributed by atoms with van der Waals surface area (Å²) in [4.78, 5) is 31.8. The average molecular weight is 341 g/mol. The van der Waals surface area contributed by atoms with Crippen molar-refractivity contribution in [2.75, 3.05) is 37.6 Å². The molecule has 5 nitrogen and oxygen atoms in total. The number of para-hydroxylation sites is 1. The quantitative estimate of drug-likeness (QED) is 0.827. The Morgan fingerprint density at radius 2 is 1.88 bits per heavy atom. The molecule has 0 radical (unpaired) electrons. The van der Waals surface area contributed by atoms with E-state index in [-0.39, 0.29) is 18.4 Å². The molecule has 1 atom stereocenters. The van der Waals surface area contributed by atoms with Crippen LogP contribution in [-0.4, -0.2) is 60.4 Å². The largest absolute Gasteiger partial charge is 0.340 e. The van der Waals surface area contributed by atoms with Crippen LogP contribution in [0.5, 0.6) is 0 Å². The second-order valence-corrected chi connectivity index (χ2v) is 7.49. The maximum Gasteiger partial charge on any atom is 0.242 e. The van der Waals surface area contributed by atoms with Gasteiger partial charge in [-0.25, -0.2) is 0 Å². The molecule has 0 N–H and O–H groups in total. The fourth-order valence-corrected chi connectivity index (χ4v) is 4.53. The van der Waals surface area contributed by atoms with Gasteiger partial charge in [-0.05, 0) is 50.3 Å². The van der Waals surface area contributed by atoms with Gasteiger partial charge in [0.15, 0.2) is 0 Å². The first-order valence-electron chi connectivity index (χ1n) is 9.62. The molecule has 5 heteroatoms. The molecule has 2 saturated heterocycles. The lowest BCUT2D eigenvalue weighted by atomic mass is 10.1. The average Bonchev–Trinajstić information content (AvgIpc) is 2.87. The molecule has 0 unspecified atom stereocenters. The van der Waals surface area contributed by atoms with Crippen molar-refractivity contribution >= 4 is 17.5 Å². The van der Waals surface area contributed by atoms with Gasteiger partial charge in [0.1, 0.15) is 6.54 Å². The van der Waals surface area contributed by atoms with Crippen LogP contribution in [0, 0.1) is 0 Å². The predicted molar refractivity (Wildman–Crippen MR) is 97.5 cm³/mol. The summed E-state index contributed by atoms with van der Waals surface area (Å²) in [7, 11) is 0. The highest BCUT2D eigenvalue weighted by molar-refractivity contribution is 5.99. The maximum atomic E-state index is 13.0. The minimum absolute atomic E-state index is 0.0793. The van der Waals surface area contributed by atoms with Gasteiger partial charge in [-0.1, -0.05) is 18.2 Å². The predicted octanol–water partition coefficient (Wildman–Crippen LogP) is 2.05. The number of hydrogen-bond acceptors (Lipinski definition) is 3. The molecular formula is C20H27N3O2. The molecule has 2 fully saturated rings. The maximum absolute atomic E-state index is 13.0. The molecule has 4 rings (SSSR count). The van der Waals surface area contributed by atoms with Crippen LogP contribution >= 0.6 is 0 Å². The lowest BCUT2D eigenvalue weighted by Crippen LogP contribution is -2.46. The number of carbonyl (C=O) groups excluding carboxylic acids is 2. The first-order valence-corrected chi connectivity index (χ1v) is 9.62. The number of nitrogens with zero attached hydrogens (tertiary/aromatic N) is 3. The molecule has 2 amide bonds. The monoisotopic (exact) mass is 341 g/mol. The van der Waals surface area contributed by atoms with Gasteiger partial charge in [0.25, 0.3) is 0 Å². The zero-order chi connectivity index (χ0) is 17.2. The van der Waals surface area contributed by atoms with Crippen LogP contribution < -0.4 is 4.90 Å². The molecule has 3 heterocycles. The Morgan fingerprint density at radius 1 is 1.04 bits per heavy atom. The summed E-state index contributed by atoms with van der Waals surface area (Å²) in [6.07, 6.45) is 5.76. The Hall–Kier alpha value is -1.88. The lowest BCUT2D eigenvalue weighted by Gasteiger charge is -2.29. The number of aryl methyl sites for hydroxylation is 1. The van der Waals surface area contributed by atoms with Gasteiger partial charge in [0.05, 0.1) is 0 Å². The molecule has 0 bridgehead atoms. The van der Waals surface area contributed by atoms with Crippen LogP contribution in [0.4, 0.5) is 5.69 Å². The minimum atomic E-state index is 0.0793. The third kappa shape index (κ3) is 3.43. The number of hydrogen-bond donors (Lipinski definition) is 0. The second-order valence-electron chi connectivity index (χ2n) is 7.49. The van der Waals surface area contributed by atoms with E-state index >= 15 is 0 Å². The molecule has 0 spiro atoms. The van der Waals surface area contributed by atoms with E-state index in [4.69, 9.17) is 0 Å². The van der Waals surface area contributed by atoms with E-state index in [2.05, 4.69) is 11.0 Å². The number of fused-ring (bicyclic) bond motifs is 2.